The number of hydrogen-bond donors (Lipinski definition) is 1. The lowest BCUT2D eigenvalue weighted by Gasteiger charge is -2.30. The Morgan fingerprint density at radius 2 is 2.05 bits per heavy atom. The van der Waals surface area contributed by atoms with Crippen molar-refractivity contribution in [1.82, 2.24) is 5.32 Å². The molecule has 0 saturated heterocycles. The van der Waals surface area contributed by atoms with Gasteiger partial charge in [0.25, 0.3) is 0 Å². The van der Waals surface area contributed by atoms with E-state index in [4.69, 9.17) is 14.2 Å². The molecule has 5 nitrogen and oxygen atoms in total. The van der Waals surface area contributed by atoms with Gasteiger partial charge in [-0.25, -0.2) is 4.79 Å². The number of fused-ring (bicyclic) bond motifs is 1. The highest BCUT2D eigenvalue weighted by molar-refractivity contribution is 5.82. The molecular weight excluding hydrogens is 246 g/mol. The Bertz CT molecular complexity index is 486. The fourth-order valence-electron chi connectivity index (χ4n) is 2.25. The number of benzene rings is 1. The Balaban J connectivity index is 2.40. The van der Waals surface area contributed by atoms with Gasteiger partial charge in [-0.3, -0.25) is 5.32 Å². The Labute approximate surface area is 112 Å². The van der Waals surface area contributed by atoms with Crippen LogP contribution in [0.5, 0.6) is 11.5 Å². The first-order valence-electron chi connectivity index (χ1n) is 6.23. The van der Waals surface area contributed by atoms with E-state index in [1.54, 1.807) is 13.0 Å². The summed E-state index contributed by atoms with van der Waals surface area (Å²) in [5, 5.41) is 3.24. The first-order chi connectivity index (χ1) is 8.97. The van der Waals surface area contributed by atoms with Crippen LogP contribution >= 0.6 is 0 Å². The summed E-state index contributed by atoms with van der Waals surface area (Å²) in [6, 6.07) is 5.60. The van der Waals surface area contributed by atoms with Crippen LogP contribution in [0.1, 0.15) is 26.3 Å². The van der Waals surface area contributed by atoms with Crippen LogP contribution < -0.4 is 14.8 Å². The van der Waals surface area contributed by atoms with E-state index in [1.165, 1.54) is 7.11 Å². The predicted molar refractivity (Wildman–Crippen MR) is 70.2 cm³/mol. The van der Waals surface area contributed by atoms with Gasteiger partial charge in [0.1, 0.15) is 5.54 Å². The molecule has 1 aromatic rings. The quantitative estimate of drug-likeness (QED) is 0.841. The lowest BCUT2D eigenvalue weighted by molar-refractivity contribution is -0.148. The summed E-state index contributed by atoms with van der Waals surface area (Å²) in [5.74, 6) is 1.01. The van der Waals surface area contributed by atoms with Crippen molar-refractivity contribution in [2.45, 2.75) is 32.4 Å². The molecule has 1 aliphatic heterocycles. The molecule has 0 fully saturated rings. The fraction of sp³-hybridized carbons (Fsp3) is 0.500. The highest BCUT2D eigenvalue weighted by atomic mass is 16.7. The molecule has 1 aromatic carbocycles. The smallest absolute Gasteiger partial charge is 0.330 e. The first-order valence-corrected chi connectivity index (χ1v) is 6.23. The topological polar surface area (TPSA) is 56.8 Å². The molecular formula is C14H19NO4. The van der Waals surface area contributed by atoms with Crippen LogP contribution in [0.3, 0.4) is 0 Å². The lowest BCUT2D eigenvalue weighted by Crippen LogP contribution is -2.50. The Morgan fingerprint density at radius 3 is 2.68 bits per heavy atom. The van der Waals surface area contributed by atoms with Crippen LogP contribution in [-0.4, -0.2) is 25.9 Å². The highest BCUT2D eigenvalue weighted by Crippen LogP contribution is 2.36. The molecule has 0 aliphatic carbocycles. The van der Waals surface area contributed by atoms with Crippen molar-refractivity contribution in [1.29, 1.82) is 0 Å². The second-order valence-corrected chi connectivity index (χ2v) is 4.98. The molecule has 1 N–H and O–H groups in total. The van der Waals surface area contributed by atoms with Crippen LogP contribution in [0, 0.1) is 0 Å². The number of ether oxygens (including phenoxy) is 3. The summed E-state index contributed by atoms with van der Waals surface area (Å²) in [6.45, 7) is 5.98. The SMILES string of the molecule is COC(=O)C(C)(NC(C)C)c1ccc2c(c1)OCO2. The Morgan fingerprint density at radius 1 is 1.37 bits per heavy atom. The van der Waals surface area contributed by atoms with Gasteiger partial charge in [-0.15, -0.1) is 0 Å². The summed E-state index contributed by atoms with van der Waals surface area (Å²) < 4.78 is 15.5. The van der Waals surface area contributed by atoms with Crippen molar-refractivity contribution in [3.05, 3.63) is 23.8 Å². The minimum Gasteiger partial charge on any atom is -0.467 e. The molecule has 104 valence electrons. The molecule has 0 bridgehead atoms. The van der Waals surface area contributed by atoms with Crippen molar-refractivity contribution in [3.63, 3.8) is 0 Å². The van der Waals surface area contributed by atoms with Gasteiger partial charge in [0.15, 0.2) is 11.5 Å². The van der Waals surface area contributed by atoms with Gasteiger partial charge < -0.3 is 14.2 Å². The molecule has 1 unspecified atom stereocenters. The Hall–Kier alpha value is -1.75. The minimum absolute atomic E-state index is 0.134. The van der Waals surface area contributed by atoms with E-state index in [0.717, 1.165) is 5.56 Å². The van der Waals surface area contributed by atoms with Crippen molar-refractivity contribution in [2.24, 2.45) is 0 Å². The standard InChI is InChI=1S/C14H19NO4/c1-9(2)15-14(3,13(16)17-4)10-5-6-11-12(7-10)19-8-18-11/h5-7,9,15H,8H2,1-4H3. The normalized spacial score (nSPS) is 16.3. The van der Waals surface area contributed by atoms with Crippen LogP contribution in [0.15, 0.2) is 18.2 Å². The molecule has 0 spiro atoms. The average molecular weight is 265 g/mol. The molecule has 2 rings (SSSR count). The number of nitrogens with one attached hydrogen (secondary N) is 1. The van der Waals surface area contributed by atoms with Gasteiger partial charge in [-0.05, 0) is 38.5 Å². The zero-order valence-electron chi connectivity index (χ0n) is 11.6. The number of methoxy groups -OCH3 is 1. The molecule has 0 aromatic heterocycles. The summed E-state index contributed by atoms with van der Waals surface area (Å²) >= 11 is 0. The molecule has 19 heavy (non-hydrogen) atoms. The summed E-state index contributed by atoms with van der Waals surface area (Å²) in [5.41, 5.74) is -0.124. The number of carbonyl (C=O) groups is 1. The van der Waals surface area contributed by atoms with E-state index in [0.29, 0.717) is 11.5 Å². The second-order valence-electron chi connectivity index (χ2n) is 4.98. The van der Waals surface area contributed by atoms with Crippen LogP contribution in [0.25, 0.3) is 0 Å². The van der Waals surface area contributed by atoms with Crippen LogP contribution in [-0.2, 0) is 15.1 Å². The van der Waals surface area contributed by atoms with Gasteiger partial charge in [-0.1, -0.05) is 6.07 Å². The monoisotopic (exact) mass is 265 g/mol. The molecule has 5 heteroatoms. The second kappa shape index (κ2) is 5.09. The van der Waals surface area contributed by atoms with Gasteiger partial charge in [0.05, 0.1) is 7.11 Å². The molecule has 1 aliphatic rings. The number of esters is 1. The largest absolute Gasteiger partial charge is 0.467 e. The van der Waals surface area contributed by atoms with Gasteiger partial charge in [0.2, 0.25) is 6.79 Å². The van der Waals surface area contributed by atoms with E-state index >= 15 is 0 Å². The third kappa shape index (κ3) is 2.51. The maximum absolute atomic E-state index is 12.1. The predicted octanol–water partition coefficient (Wildman–Crippen LogP) is 1.80. The minimum atomic E-state index is -0.913. The molecule has 1 heterocycles. The van der Waals surface area contributed by atoms with Crippen molar-refractivity contribution in [2.75, 3.05) is 13.9 Å². The fourth-order valence-corrected chi connectivity index (χ4v) is 2.25. The summed E-state index contributed by atoms with van der Waals surface area (Å²) in [7, 11) is 1.38. The summed E-state index contributed by atoms with van der Waals surface area (Å²) in [4.78, 5) is 12.1. The first kappa shape index (κ1) is 13.7. The van der Waals surface area contributed by atoms with E-state index in [1.807, 2.05) is 26.0 Å². The van der Waals surface area contributed by atoms with Gasteiger partial charge in [-0.2, -0.15) is 0 Å². The zero-order valence-corrected chi connectivity index (χ0v) is 11.6. The molecule has 0 radical (unpaired) electrons. The van der Waals surface area contributed by atoms with Crippen molar-refractivity contribution >= 4 is 5.97 Å². The number of rotatable bonds is 4. The lowest BCUT2D eigenvalue weighted by atomic mass is 9.91. The van der Waals surface area contributed by atoms with E-state index in [-0.39, 0.29) is 18.8 Å². The maximum atomic E-state index is 12.1. The summed E-state index contributed by atoms with van der Waals surface area (Å²) in [6.07, 6.45) is 0. The molecule has 1 atom stereocenters. The van der Waals surface area contributed by atoms with E-state index < -0.39 is 5.54 Å². The molecule has 0 saturated carbocycles. The van der Waals surface area contributed by atoms with Crippen molar-refractivity contribution < 1.29 is 19.0 Å². The Kier molecular flexibility index (Phi) is 3.66. The number of carbonyl (C=O) groups excluding carboxylic acids is 1. The van der Waals surface area contributed by atoms with Gasteiger partial charge in [0, 0.05) is 6.04 Å². The maximum Gasteiger partial charge on any atom is 0.330 e. The zero-order chi connectivity index (χ0) is 14.0. The number of hydrogen-bond acceptors (Lipinski definition) is 5. The van der Waals surface area contributed by atoms with Gasteiger partial charge >= 0.3 is 5.97 Å². The highest BCUT2D eigenvalue weighted by Gasteiger charge is 2.37. The molecule has 0 amide bonds. The van der Waals surface area contributed by atoms with Crippen LogP contribution in [0.4, 0.5) is 0 Å². The van der Waals surface area contributed by atoms with E-state index in [2.05, 4.69) is 5.32 Å². The third-order valence-electron chi connectivity index (χ3n) is 3.12. The van der Waals surface area contributed by atoms with Crippen LogP contribution in [0.2, 0.25) is 0 Å². The third-order valence-corrected chi connectivity index (χ3v) is 3.12. The average Bonchev–Trinajstić information content (AvgIpc) is 2.83. The van der Waals surface area contributed by atoms with Crippen molar-refractivity contribution in [3.8, 4) is 11.5 Å². The van der Waals surface area contributed by atoms with E-state index in [9.17, 15) is 4.79 Å².